The number of hydrogen-bond donors (Lipinski definition) is 2. The van der Waals surface area contributed by atoms with Gasteiger partial charge in [-0.1, -0.05) is 0 Å². The Morgan fingerprint density at radius 2 is 1.39 bits per heavy atom. The largest absolute Gasteiger partial charge is 0.466 e. The SMILES string of the molecule is O=C(CCC(=O)C(=O)OCCCO)OCCCO. The quantitative estimate of drug-likeness (QED) is 0.301. The number of carbonyl (C=O) groups is 3. The zero-order valence-electron chi connectivity index (χ0n) is 10.1. The standard InChI is InChI=1S/C11H18O7/c12-5-1-7-17-10(15)4-3-9(14)11(16)18-8-2-6-13/h12-13H,1-8H2. The average molecular weight is 262 g/mol. The van der Waals surface area contributed by atoms with Crippen LogP contribution in [0.15, 0.2) is 0 Å². The fourth-order valence-electron chi connectivity index (χ4n) is 0.950. The van der Waals surface area contributed by atoms with Crippen LogP contribution in [-0.2, 0) is 23.9 Å². The summed E-state index contributed by atoms with van der Waals surface area (Å²) in [6, 6.07) is 0. The summed E-state index contributed by atoms with van der Waals surface area (Å²) in [6.45, 7) is -0.144. The number of Topliss-reactive ketones (excluding diaryl/α,β-unsaturated/α-hetero) is 1. The molecule has 0 heterocycles. The molecule has 7 heteroatoms. The maximum absolute atomic E-state index is 11.2. The van der Waals surface area contributed by atoms with Crippen molar-refractivity contribution < 1.29 is 34.1 Å². The summed E-state index contributed by atoms with van der Waals surface area (Å²) in [5.74, 6) is -2.40. The maximum atomic E-state index is 11.2. The number of carbonyl (C=O) groups excluding carboxylic acids is 3. The van der Waals surface area contributed by atoms with Crippen LogP contribution in [0.1, 0.15) is 25.7 Å². The van der Waals surface area contributed by atoms with E-state index in [9.17, 15) is 14.4 Å². The Morgan fingerprint density at radius 3 is 1.94 bits per heavy atom. The molecule has 2 N–H and O–H groups in total. The fraction of sp³-hybridized carbons (Fsp3) is 0.727. The summed E-state index contributed by atoms with van der Waals surface area (Å²) in [6.07, 6.45) is 0.139. The minimum absolute atomic E-state index is 0.0258. The Kier molecular flexibility index (Phi) is 9.80. The van der Waals surface area contributed by atoms with Crippen molar-refractivity contribution in [2.24, 2.45) is 0 Å². The van der Waals surface area contributed by atoms with Crippen molar-refractivity contribution in [2.75, 3.05) is 26.4 Å². The predicted octanol–water partition coefficient (Wildman–Crippen LogP) is -0.813. The lowest BCUT2D eigenvalue weighted by atomic mass is 10.2. The number of aliphatic hydroxyl groups is 2. The lowest BCUT2D eigenvalue weighted by Crippen LogP contribution is -2.20. The van der Waals surface area contributed by atoms with Gasteiger partial charge in [-0.3, -0.25) is 9.59 Å². The molecule has 0 aliphatic heterocycles. The van der Waals surface area contributed by atoms with Crippen molar-refractivity contribution in [3.05, 3.63) is 0 Å². The smallest absolute Gasteiger partial charge is 0.374 e. The third-order valence-electron chi connectivity index (χ3n) is 1.88. The highest BCUT2D eigenvalue weighted by atomic mass is 16.5. The molecule has 0 atom stereocenters. The highest BCUT2D eigenvalue weighted by Gasteiger charge is 2.17. The normalized spacial score (nSPS) is 9.89. The van der Waals surface area contributed by atoms with Gasteiger partial charge in [0.05, 0.1) is 19.6 Å². The Balaban J connectivity index is 3.68. The Morgan fingerprint density at radius 1 is 0.833 bits per heavy atom. The summed E-state index contributed by atoms with van der Waals surface area (Å²) >= 11 is 0. The van der Waals surface area contributed by atoms with Crippen LogP contribution >= 0.6 is 0 Å². The Bertz CT molecular complexity index is 275. The first-order valence-electron chi connectivity index (χ1n) is 5.69. The molecule has 0 aromatic heterocycles. The number of aliphatic hydroxyl groups excluding tert-OH is 2. The topological polar surface area (TPSA) is 110 Å². The van der Waals surface area contributed by atoms with E-state index in [1.54, 1.807) is 0 Å². The van der Waals surface area contributed by atoms with Gasteiger partial charge in [-0.25, -0.2) is 4.79 Å². The summed E-state index contributed by atoms with van der Waals surface area (Å²) in [5, 5.41) is 16.9. The zero-order valence-corrected chi connectivity index (χ0v) is 10.1. The Labute approximate surface area is 105 Å². The Hall–Kier alpha value is -1.47. The van der Waals surface area contributed by atoms with Gasteiger partial charge in [0.15, 0.2) is 0 Å². The van der Waals surface area contributed by atoms with Crippen molar-refractivity contribution >= 4 is 17.7 Å². The molecular weight excluding hydrogens is 244 g/mol. The molecule has 0 fully saturated rings. The third-order valence-corrected chi connectivity index (χ3v) is 1.88. The molecule has 7 nitrogen and oxygen atoms in total. The fourth-order valence-corrected chi connectivity index (χ4v) is 0.950. The van der Waals surface area contributed by atoms with Gasteiger partial charge in [0, 0.05) is 32.5 Å². The van der Waals surface area contributed by atoms with E-state index in [4.69, 9.17) is 10.2 Å². The number of ketones is 1. The van der Waals surface area contributed by atoms with Crippen molar-refractivity contribution in [3.8, 4) is 0 Å². The molecule has 0 saturated heterocycles. The van der Waals surface area contributed by atoms with Gasteiger partial charge in [-0.2, -0.15) is 0 Å². The molecule has 0 aromatic rings. The van der Waals surface area contributed by atoms with Crippen molar-refractivity contribution in [1.29, 1.82) is 0 Å². The van der Waals surface area contributed by atoms with Gasteiger partial charge in [0.2, 0.25) is 5.78 Å². The van der Waals surface area contributed by atoms with E-state index in [0.717, 1.165) is 0 Å². The monoisotopic (exact) mass is 262 g/mol. The average Bonchev–Trinajstić information content (AvgIpc) is 2.36. The van der Waals surface area contributed by atoms with Crippen LogP contribution in [0, 0.1) is 0 Å². The molecule has 0 rings (SSSR count). The lowest BCUT2D eigenvalue weighted by Gasteiger charge is -2.04. The summed E-state index contributed by atoms with van der Waals surface area (Å²) < 4.78 is 9.22. The van der Waals surface area contributed by atoms with E-state index in [1.165, 1.54) is 0 Å². The molecule has 104 valence electrons. The molecule has 0 aliphatic carbocycles. The first kappa shape index (κ1) is 16.5. The molecule has 0 bridgehead atoms. The third kappa shape index (κ3) is 8.66. The molecule has 18 heavy (non-hydrogen) atoms. The minimum atomic E-state index is -1.01. The van der Waals surface area contributed by atoms with Crippen LogP contribution < -0.4 is 0 Å². The number of hydrogen-bond acceptors (Lipinski definition) is 7. The van der Waals surface area contributed by atoms with Gasteiger partial charge < -0.3 is 19.7 Å². The molecule has 0 spiro atoms. The second-order valence-corrected chi connectivity index (χ2v) is 3.43. The van der Waals surface area contributed by atoms with E-state index in [-0.39, 0.29) is 45.7 Å². The van der Waals surface area contributed by atoms with E-state index < -0.39 is 17.7 Å². The summed E-state index contributed by atoms with van der Waals surface area (Å²) in [4.78, 5) is 33.3. The summed E-state index contributed by atoms with van der Waals surface area (Å²) in [7, 11) is 0. The molecule has 0 unspecified atom stereocenters. The van der Waals surface area contributed by atoms with Crippen LogP contribution in [-0.4, -0.2) is 54.4 Å². The number of rotatable bonds is 10. The molecule has 0 amide bonds. The highest BCUT2D eigenvalue weighted by molar-refractivity contribution is 6.33. The number of esters is 2. The second kappa shape index (κ2) is 10.7. The number of ether oxygens (including phenoxy) is 2. The highest BCUT2D eigenvalue weighted by Crippen LogP contribution is 1.97. The van der Waals surface area contributed by atoms with Crippen LogP contribution in [0.5, 0.6) is 0 Å². The van der Waals surface area contributed by atoms with Crippen LogP contribution in [0.3, 0.4) is 0 Å². The molecule has 0 saturated carbocycles. The van der Waals surface area contributed by atoms with Crippen molar-refractivity contribution in [1.82, 2.24) is 0 Å². The molecule has 0 radical (unpaired) electrons. The van der Waals surface area contributed by atoms with Crippen LogP contribution in [0.2, 0.25) is 0 Å². The lowest BCUT2D eigenvalue weighted by molar-refractivity contribution is -0.155. The molecular formula is C11H18O7. The van der Waals surface area contributed by atoms with E-state index in [0.29, 0.717) is 6.42 Å². The van der Waals surface area contributed by atoms with Crippen molar-refractivity contribution in [3.63, 3.8) is 0 Å². The van der Waals surface area contributed by atoms with E-state index in [1.807, 2.05) is 0 Å². The molecule has 0 aliphatic rings. The van der Waals surface area contributed by atoms with Crippen LogP contribution in [0.25, 0.3) is 0 Å². The second-order valence-electron chi connectivity index (χ2n) is 3.43. The van der Waals surface area contributed by atoms with Gasteiger partial charge in [-0.05, 0) is 0 Å². The first-order chi connectivity index (χ1) is 8.61. The predicted molar refractivity (Wildman–Crippen MR) is 59.6 cm³/mol. The van der Waals surface area contributed by atoms with Gasteiger partial charge in [-0.15, -0.1) is 0 Å². The molecule has 0 aromatic carbocycles. The summed E-state index contributed by atoms with van der Waals surface area (Å²) in [5.41, 5.74) is 0. The van der Waals surface area contributed by atoms with Gasteiger partial charge in [0.1, 0.15) is 0 Å². The van der Waals surface area contributed by atoms with E-state index in [2.05, 4.69) is 9.47 Å². The van der Waals surface area contributed by atoms with Crippen LogP contribution in [0.4, 0.5) is 0 Å². The van der Waals surface area contributed by atoms with Crippen molar-refractivity contribution in [2.45, 2.75) is 25.7 Å². The zero-order chi connectivity index (χ0) is 13.8. The maximum Gasteiger partial charge on any atom is 0.374 e. The van der Waals surface area contributed by atoms with E-state index >= 15 is 0 Å². The van der Waals surface area contributed by atoms with Gasteiger partial charge >= 0.3 is 11.9 Å². The van der Waals surface area contributed by atoms with Gasteiger partial charge in [0.25, 0.3) is 0 Å². The first-order valence-corrected chi connectivity index (χ1v) is 5.69. The minimum Gasteiger partial charge on any atom is -0.466 e.